The zero-order valence-electron chi connectivity index (χ0n) is 8.72. The maximum Gasteiger partial charge on any atom is 0.326 e. The van der Waals surface area contributed by atoms with E-state index >= 15 is 0 Å². The van der Waals surface area contributed by atoms with E-state index in [1.54, 1.807) is 30.6 Å². The fourth-order valence-corrected chi connectivity index (χ4v) is 1.43. The van der Waals surface area contributed by atoms with Crippen molar-refractivity contribution in [1.29, 1.82) is 0 Å². The minimum atomic E-state index is -0.376. The topological polar surface area (TPSA) is 66.9 Å². The lowest BCUT2D eigenvalue weighted by Gasteiger charge is -2.05. The van der Waals surface area contributed by atoms with Gasteiger partial charge in [0.05, 0.1) is 0 Å². The summed E-state index contributed by atoms with van der Waals surface area (Å²) in [4.78, 5) is 19.3. The molecule has 2 aromatic rings. The van der Waals surface area contributed by atoms with Crippen LogP contribution in [0, 0.1) is 0 Å². The summed E-state index contributed by atoms with van der Waals surface area (Å²) in [7, 11) is 0. The molecule has 0 spiro atoms. The van der Waals surface area contributed by atoms with Crippen LogP contribution in [0.1, 0.15) is 0 Å². The fraction of sp³-hybridized carbons (Fsp3) is 0. The van der Waals surface area contributed by atoms with Crippen LogP contribution >= 0.6 is 15.9 Å². The Morgan fingerprint density at radius 1 is 1.06 bits per heavy atom. The lowest BCUT2D eigenvalue weighted by molar-refractivity contribution is 0.262. The van der Waals surface area contributed by atoms with Crippen molar-refractivity contribution in [3.05, 3.63) is 47.2 Å². The van der Waals surface area contributed by atoms with E-state index in [-0.39, 0.29) is 12.0 Å². The lowest BCUT2D eigenvalue weighted by atomic mass is 10.3. The van der Waals surface area contributed by atoms with Crippen molar-refractivity contribution in [2.24, 2.45) is 0 Å². The molecule has 0 atom stereocenters. The van der Waals surface area contributed by atoms with E-state index in [1.807, 2.05) is 12.1 Å². The van der Waals surface area contributed by atoms with Gasteiger partial charge >= 0.3 is 6.03 Å². The molecule has 17 heavy (non-hydrogen) atoms. The number of benzene rings is 1. The number of nitrogens with one attached hydrogen (secondary N) is 2. The summed E-state index contributed by atoms with van der Waals surface area (Å²) in [6, 6.07) is 8.56. The second-order valence-electron chi connectivity index (χ2n) is 3.16. The standard InChI is InChI=1S/C11H9BrN4O/c12-8-2-4-9(5-3-8)15-11(17)16-10-13-6-1-7-14-10/h1-7H,(H2,13,14,15,16,17). The zero-order chi connectivity index (χ0) is 12.1. The molecule has 2 rings (SSSR count). The Balaban J connectivity index is 1.96. The number of aromatic nitrogens is 2. The number of halogens is 1. The largest absolute Gasteiger partial charge is 0.326 e. The first-order chi connectivity index (χ1) is 8.24. The number of hydrogen-bond donors (Lipinski definition) is 2. The molecule has 6 heteroatoms. The summed E-state index contributed by atoms with van der Waals surface area (Å²) in [5.74, 6) is 0.266. The highest BCUT2D eigenvalue weighted by Crippen LogP contribution is 2.14. The molecule has 1 aromatic carbocycles. The third-order valence-corrected chi connectivity index (χ3v) is 2.42. The maximum atomic E-state index is 11.6. The summed E-state index contributed by atoms with van der Waals surface area (Å²) in [6.07, 6.45) is 3.12. The van der Waals surface area contributed by atoms with E-state index in [9.17, 15) is 4.79 Å². The van der Waals surface area contributed by atoms with Gasteiger partial charge in [0.15, 0.2) is 0 Å². The SMILES string of the molecule is O=C(Nc1ccc(Br)cc1)Nc1ncccn1. The molecule has 0 bridgehead atoms. The molecule has 0 aliphatic rings. The normalized spacial score (nSPS) is 9.71. The number of carbonyl (C=O) groups is 1. The van der Waals surface area contributed by atoms with E-state index < -0.39 is 0 Å². The van der Waals surface area contributed by atoms with E-state index in [0.29, 0.717) is 5.69 Å². The van der Waals surface area contributed by atoms with Gasteiger partial charge in [-0.2, -0.15) is 0 Å². The quantitative estimate of drug-likeness (QED) is 0.894. The van der Waals surface area contributed by atoms with E-state index in [4.69, 9.17) is 0 Å². The van der Waals surface area contributed by atoms with Gasteiger partial charge in [0.1, 0.15) is 0 Å². The average molecular weight is 293 g/mol. The molecule has 1 heterocycles. The predicted molar refractivity (Wildman–Crippen MR) is 68.8 cm³/mol. The van der Waals surface area contributed by atoms with Gasteiger partial charge in [0, 0.05) is 22.6 Å². The van der Waals surface area contributed by atoms with E-state index in [1.165, 1.54) is 0 Å². The van der Waals surface area contributed by atoms with Gasteiger partial charge in [-0.25, -0.2) is 14.8 Å². The van der Waals surface area contributed by atoms with Crippen LogP contribution in [0.25, 0.3) is 0 Å². The smallest absolute Gasteiger partial charge is 0.308 e. The van der Waals surface area contributed by atoms with Crippen LogP contribution in [-0.2, 0) is 0 Å². The molecule has 0 fully saturated rings. The van der Waals surface area contributed by atoms with Gasteiger partial charge < -0.3 is 5.32 Å². The van der Waals surface area contributed by atoms with E-state index in [0.717, 1.165) is 4.47 Å². The van der Waals surface area contributed by atoms with Crippen molar-refractivity contribution in [2.45, 2.75) is 0 Å². The predicted octanol–water partition coefficient (Wildman–Crippen LogP) is 2.88. The van der Waals surface area contributed by atoms with Crippen molar-refractivity contribution in [3.8, 4) is 0 Å². The first kappa shape index (κ1) is 11.5. The highest BCUT2D eigenvalue weighted by atomic mass is 79.9. The van der Waals surface area contributed by atoms with Crippen molar-refractivity contribution < 1.29 is 4.79 Å². The molecule has 0 radical (unpaired) electrons. The second-order valence-corrected chi connectivity index (χ2v) is 4.07. The van der Waals surface area contributed by atoms with Crippen LogP contribution in [0.2, 0.25) is 0 Å². The van der Waals surface area contributed by atoms with Crippen molar-refractivity contribution in [3.63, 3.8) is 0 Å². The summed E-state index contributed by atoms with van der Waals surface area (Å²) in [6.45, 7) is 0. The van der Waals surface area contributed by atoms with Crippen LogP contribution in [-0.4, -0.2) is 16.0 Å². The Morgan fingerprint density at radius 3 is 2.35 bits per heavy atom. The van der Waals surface area contributed by atoms with E-state index in [2.05, 4.69) is 36.5 Å². The summed E-state index contributed by atoms with van der Waals surface area (Å²) < 4.78 is 0.954. The minimum Gasteiger partial charge on any atom is -0.308 e. The Labute approximate surface area is 106 Å². The number of carbonyl (C=O) groups excluding carboxylic acids is 1. The number of hydrogen-bond acceptors (Lipinski definition) is 3. The molecule has 0 aliphatic heterocycles. The Hall–Kier alpha value is -1.95. The van der Waals surface area contributed by atoms with Crippen molar-refractivity contribution in [1.82, 2.24) is 9.97 Å². The summed E-state index contributed by atoms with van der Waals surface area (Å²) in [5, 5.41) is 5.19. The Bertz CT molecular complexity index is 501. The molecule has 0 saturated carbocycles. The number of nitrogens with zero attached hydrogens (tertiary/aromatic N) is 2. The molecule has 0 saturated heterocycles. The monoisotopic (exact) mass is 292 g/mol. The number of rotatable bonds is 2. The second kappa shape index (κ2) is 5.40. The minimum absolute atomic E-state index is 0.266. The van der Waals surface area contributed by atoms with Crippen LogP contribution in [0.15, 0.2) is 47.2 Å². The fourth-order valence-electron chi connectivity index (χ4n) is 1.16. The Kier molecular flexibility index (Phi) is 3.66. The summed E-state index contributed by atoms with van der Waals surface area (Å²) >= 11 is 3.32. The first-order valence-corrected chi connectivity index (χ1v) is 5.64. The van der Waals surface area contributed by atoms with Gasteiger partial charge in [0.25, 0.3) is 0 Å². The molecule has 2 amide bonds. The number of amides is 2. The van der Waals surface area contributed by atoms with Gasteiger partial charge in [0.2, 0.25) is 5.95 Å². The third kappa shape index (κ3) is 3.53. The van der Waals surface area contributed by atoms with Crippen LogP contribution in [0.3, 0.4) is 0 Å². The molecule has 5 nitrogen and oxygen atoms in total. The number of urea groups is 1. The highest BCUT2D eigenvalue weighted by Gasteiger charge is 2.03. The maximum absolute atomic E-state index is 11.6. The van der Waals surface area contributed by atoms with Gasteiger partial charge in [-0.3, -0.25) is 5.32 Å². The van der Waals surface area contributed by atoms with Gasteiger partial charge in [-0.05, 0) is 30.3 Å². The molecule has 0 unspecified atom stereocenters. The number of anilines is 2. The van der Waals surface area contributed by atoms with Crippen LogP contribution < -0.4 is 10.6 Å². The molecule has 86 valence electrons. The molecular weight excluding hydrogens is 284 g/mol. The van der Waals surface area contributed by atoms with Gasteiger partial charge in [-0.15, -0.1) is 0 Å². The van der Waals surface area contributed by atoms with Crippen molar-refractivity contribution >= 4 is 33.6 Å². The average Bonchev–Trinajstić information content (AvgIpc) is 2.33. The van der Waals surface area contributed by atoms with Gasteiger partial charge in [-0.1, -0.05) is 15.9 Å². The van der Waals surface area contributed by atoms with Crippen LogP contribution in [0.5, 0.6) is 0 Å². The zero-order valence-corrected chi connectivity index (χ0v) is 10.3. The molecule has 2 N–H and O–H groups in total. The molecule has 0 aliphatic carbocycles. The van der Waals surface area contributed by atoms with Crippen molar-refractivity contribution in [2.75, 3.05) is 10.6 Å². The van der Waals surface area contributed by atoms with Crippen LogP contribution in [0.4, 0.5) is 16.4 Å². The molecule has 1 aromatic heterocycles. The Morgan fingerprint density at radius 2 is 1.71 bits per heavy atom. The summed E-state index contributed by atoms with van der Waals surface area (Å²) in [5.41, 5.74) is 0.696. The lowest BCUT2D eigenvalue weighted by Crippen LogP contribution is -2.20. The molecular formula is C11H9BrN4O. The third-order valence-electron chi connectivity index (χ3n) is 1.89. The first-order valence-electron chi connectivity index (χ1n) is 4.84. The highest BCUT2D eigenvalue weighted by molar-refractivity contribution is 9.10.